The van der Waals surface area contributed by atoms with Gasteiger partial charge in [0.15, 0.2) is 0 Å². The third-order valence-electron chi connectivity index (χ3n) is 0.285. The quantitative estimate of drug-likeness (QED) is 0.446. The number of hydrogen-bond acceptors (Lipinski definition) is 2. The van der Waals surface area contributed by atoms with Gasteiger partial charge in [0.05, 0.1) is 0 Å². The second-order valence-electron chi connectivity index (χ2n) is 1.01. The smallest absolute Gasteiger partial charge is 0.220 e. The summed E-state index contributed by atoms with van der Waals surface area (Å²) in [4.78, 5) is 0. The molecule has 0 aliphatic carbocycles. The molecule has 0 fully saturated rings. The van der Waals surface area contributed by atoms with Crippen LogP contribution in [0.1, 0.15) is 0 Å². The molecule has 3 nitrogen and oxygen atoms in total. The minimum Gasteiger partial charge on any atom is -0.228 e. The zero-order valence-electron chi connectivity index (χ0n) is 3.59. The Labute approximate surface area is 42.6 Å². The zero-order valence-corrected chi connectivity index (χ0v) is 4.40. The molecule has 0 aromatic carbocycles. The molecule has 0 amide bonds. The first-order valence-corrected chi connectivity index (χ1v) is 3.22. The summed E-state index contributed by atoms with van der Waals surface area (Å²) in [5, 5.41) is 4.48. The Kier molecular flexibility index (Phi) is 1.81. The van der Waals surface area contributed by atoms with Crippen LogP contribution < -0.4 is 5.14 Å². The van der Waals surface area contributed by atoms with E-state index in [9.17, 15) is 8.42 Å². The lowest BCUT2D eigenvalue weighted by atomic mass is 10.8. The Morgan fingerprint density at radius 3 is 2.14 bits per heavy atom. The van der Waals surface area contributed by atoms with Crippen LogP contribution in [0.5, 0.6) is 0 Å². The summed E-state index contributed by atoms with van der Waals surface area (Å²) < 4.78 is 19.7. The number of nitrogens with two attached hydrogens (primary N) is 1. The van der Waals surface area contributed by atoms with Crippen molar-refractivity contribution in [3.05, 3.63) is 0 Å². The Hall–Kier alpha value is -0.530. The summed E-state index contributed by atoms with van der Waals surface area (Å²) >= 11 is 0. The van der Waals surface area contributed by atoms with Gasteiger partial charge in [0.2, 0.25) is 10.0 Å². The maximum Gasteiger partial charge on any atom is 0.220 e. The Balaban J connectivity index is 3.92. The van der Waals surface area contributed by atoms with Gasteiger partial charge in [-0.15, -0.1) is 6.42 Å². The molecule has 0 rings (SSSR count). The summed E-state index contributed by atoms with van der Waals surface area (Å²) in [6.07, 6.45) is 4.61. The van der Waals surface area contributed by atoms with Crippen molar-refractivity contribution >= 4 is 10.0 Å². The largest absolute Gasteiger partial charge is 0.228 e. The van der Waals surface area contributed by atoms with Gasteiger partial charge in [-0.3, -0.25) is 0 Å². The fourth-order valence-corrected chi connectivity index (χ4v) is 0.348. The average Bonchev–Trinajstić information content (AvgIpc) is 1.30. The first-order chi connectivity index (χ1) is 3.06. The van der Waals surface area contributed by atoms with E-state index < -0.39 is 10.0 Å². The van der Waals surface area contributed by atoms with E-state index in [0.717, 1.165) is 0 Å². The fourth-order valence-electron chi connectivity index (χ4n) is 0.116. The molecule has 0 unspecified atom stereocenters. The molecule has 0 radical (unpaired) electrons. The molecule has 0 saturated heterocycles. The van der Waals surface area contributed by atoms with E-state index in [1.54, 1.807) is 0 Å². The van der Waals surface area contributed by atoms with Crippen molar-refractivity contribution in [2.75, 3.05) is 5.75 Å². The van der Waals surface area contributed by atoms with Crippen LogP contribution in [0.3, 0.4) is 0 Å². The molecule has 0 saturated carbocycles. The lowest BCUT2D eigenvalue weighted by molar-refractivity contribution is 0.601. The van der Waals surface area contributed by atoms with Gasteiger partial charge in [-0.25, -0.2) is 13.6 Å². The third kappa shape index (κ3) is 5.47. The molecule has 0 atom stereocenters. The molecular formula is C3H5NO2S. The minimum atomic E-state index is -3.41. The van der Waals surface area contributed by atoms with Crippen LogP contribution in [-0.4, -0.2) is 14.2 Å². The SMILES string of the molecule is C#CCS(N)(=O)=O. The molecule has 4 heteroatoms. The Bertz CT molecular complexity index is 174. The van der Waals surface area contributed by atoms with Crippen molar-refractivity contribution in [3.63, 3.8) is 0 Å². The van der Waals surface area contributed by atoms with Gasteiger partial charge in [0.25, 0.3) is 0 Å². The topological polar surface area (TPSA) is 60.2 Å². The van der Waals surface area contributed by atoms with Crippen molar-refractivity contribution < 1.29 is 8.42 Å². The summed E-state index contributed by atoms with van der Waals surface area (Å²) in [5.74, 6) is 1.51. The highest BCUT2D eigenvalue weighted by atomic mass is 32.2. The summed E-state index contributed by atoms with van der Waals surface area (Å²) in [6, 6.07) is 0. The lowest BCUT2D eigenvalue weighted by Crippen LogP contribution is -2.14. The summed E-state index contributed by atoms with van der Waals surface area (Å²) in [5.41, 5.74) is 0. The maximum atomic E-state index is 9.87. The average molecular weight is 119 g/mol. The number of terminal acetylenes is 1. The predicted octanol–water partition coefficient (Wildman–Crippen LogP) is -1.09. The number of primary sulfonamides is 1. The molecule has 2 N–H and O–H groups in total. The van der Waals surface area contributed by atoms with E-state index in [4.69, 9.17) is 0 Å². The van der Waals surface area contributed by atoms with E-state index >= 15 is 0 Å². The van der Waals surface area contributed by atoms with Gasteiger partial charge < -0.3 is 0 Å². The Morgan fingerprint density at radius 2 is 2.14 bits per heavy atom. The van der Waals surface area contributed by atoms with Crippen LogP contribution in [0.15, 0.2) is 0 Å². The van der Waals surface area contributed by atoms with Gasteiger partial charge in [0, 0.05) is 0 Å². The maximum absolute atomic E-state index is 9.87. The molecule has 0 spiro atoms. The van der Waals surface area contributed by atoms with E-state index in [1.807, 2.05) is 5.92 Å². The van der Waals surface area contributed by atoms with Crippen LogP contribution in [0.25, 0.3) is 0 Å². The van der Waals surface area contributed by atoms with Crippen LogP contribution in [0.2, 0.25) is 0 Å². The highest BCUT2D eigenvalue weighted by Gasteiger charge is 1.94. The fraction of sp³-hybridized carbons (Fsp3) is 0.333. The van der Waals surface area contributed by atoms with Crippen molar-refractivity contribution in [2.24, 2.45) is 5.14 Å². The van der Waals surface area contributed by atoms with E-state index in [1.165, 1.54) is 0 Å². The first-order valence-electron chi connectivity index (χ1n) is 1.50. The summed E-state index contributed by atoms with van der Waals surface area (Å²) in [7, 11) is -3.41. The highest BCUT2D eigenvalue weighted by molar-refractivity contribution is 7.89. The monoisotopic (exact) mass is 119 g/mol. The van der Waals surface area contributed by atoms with Gasteiger partial charge in [-0.2, -0.15) is 0 Å². The summed E-state index contributed by atoms with van der Waals surface area (Å²) in [6.45, 7) is 0. The minimum absolute atomic E-state index is 0.382. The molecule has 0 bridgehead atoms. The second-order valence-corrected chi connectivity index (χ2v) is 2.63. The third-order valence-corrected chi connectivity index (χ3v) is 0.854. The number of rotatable bonds is 1. The number of sulfonamides is 1. The molecule has 7 heavy (non-hydrogen) atoms. The van der Waals surface area contributed by atoms with Gasteiger partial charge in [-0.1, -0.05) is 5.92 Å². The second kappa shape index (κ2) is 1.96. The molecule has 0 aliphatic heterocycles. The van der Waals surface area contributed by atoms with E-state index in [0.29, 0.717) is 0 Å². The van der Waals surface area contributed by atoms with Crippen LogP contribution in [-0.2, 0) is 10.0 Å². The van der Waals surface area contributed by atoms with Gasteiger partial charge in [-0.05, 0) is 0 Å². The van der Waals surface area contributed by atoms with Crippen molar-refractivity contribution in [3.8, 4) is 12.3 Å². The Morgan fingerprint density at radius 1 is 1.71 bits per heavy atom. The van der Waals surface area contributed by atoms with Crippen LogP contribution >= 0.6 is 0 Å². The van der Waals surface area contributed by atoms with Crippen molar-refractivity contribution in [1.29, 1.82) is 0 Å². The number of hydrogen-bond donors (Lipinski definition) is 1. The molecule has 0 aromatic heterocycles. The van der Waals surface area contributed by atoms with E-state index in [-0.39, 0.29) is 5.75 Å². The standard InChI is InChI=1S/C3H5NO2S/c1-2-3-7(4,5)6/h1H,3H2,(H2,4,5,6). The molecule has 0 aliphatic rings. The highest BCUT2D eigenvalue weighted by Crippen LogP contribution is 1.69. The lowest BCUT2D eigenvalue weighted by Gasteiger charge is -1.81. The van der Waals surface area contributed by atoms with Crippen LogP contribution in [0, 0.1) is 12.3 Å². The first kappa shape index (κ1) is 6.47. The van der Waals surface area contributed by atoms with E-state index in [2.05, 4.69) is 11.6 Å². The normalized spacial score (nSPS) is 10.3. The molecular weight excluding hydrogens is 114 g/mol. The van der Waals surface area contributed by atoms with Crippen molar-refractivity contribution in [1.82, 2.24) is 0 Å². The molecule has 0 aromatic rings. The zero-order chi connectivity index (χ0) is 5.91. The van der Waals surface area contributed by atoms with Crippen molar-refractivity contribution in [2.45, 2.75) is 0 Å². The van der Waals surface area contributed by atoms with Gasteiger partial charge in [0.1, 0.15) is 5.75 Å². The molecule has 0 heterocycles. The van der Waals surface area contributed by atoms with Gasteiger partial charge >= 0.3 is 0 Å². The molecule has 40 valence electrons. The predicted molar refractivity (Wildman–Crippen MR) is 26.8 cm³/mol. The van der Waals surface area contributed by atoms with Crippen LogP contribution in [0.4, 0.5) is 0 Å².